The van der Waals surface area contributed by atoms with E-state index in [9.17, 15) is 4.79 Å². The van der Waals surface area contributed by atoms with Gasteiger partial charge in [-0.25, -0.2) is 14.6 Å². The van der Waals surface area contributed by atoms with Gasteiger partial charge in [-0.1, -0.05) is 30.5 Å². The van der Waals surface area contributed by atoms with Crippen LogP contribution in [-0.4, -0.2) is 45.9 Å². The van der Waals surface area contributed by atoms with Crippen LogP contribution in [0.2, 0.25) is 0 Å². The average Bonchev–Trinajstić information content (AvgIpc) is 3.41. The lowest BCUT2D eigenvalue weighted by Crippen LogP contribution is -2.33. The molecule has 1 fully saturated rings. The molecule has 0 aliphatic heterocycles. The molecule has 0 saturated heterocycles. The number of carbonyl (C=O) groups is 1. The lowest BCUT2D eigenvalue weighted by molar-refractivity contribution is -0.124. The lowest BCUT2D eigenvalue weighted by atomic mass is 10.1. The third-order valence-corrected chi connectivity index (χ3v) is 5.74. The first-order valence-corrected chi connectivity index (χ1v) is 10.9. The maximum Gasteiger partial charge on any atom is 0.223 e. The number of benzene rings is 1. The Kier molecular flexibility index (Phi) is 6.46. The minimum Gasteiger partial charge on any atom is -0.377 e. The summed E-state index contributed by atoms with van der Waals surface area (Å²) in [7, 11) is 1.63. The number of fused-ring (bicyclic) bond motifs is 1. The second-order valence-corrected chi connectivity index (χ2v) is 8.15. The fourth-order valence-electron chi connectivity index (χ4n) is 4.11. The highest BCUT2D eigenvalue weighted by atomic mass is 16.5. The molecule has 2 heterocycles. The number of hydrogen-bond acceptors (Lipinski definition) is 6. The maximum absolute atomic E-state index is 12.3. The number of carbonyl (C=O) groups excluding carboxylic acids is 1. The van der Waals surface area contributed by atoms with Crippen molar-refractivity contribution in [2.75, 3.05) is 25.5 Å². The molecule has 0 radical (unpaired) electrons. The van der Waals surface area contributed by atoms with Gasteiger partial charge in [0.2, 0.25) is 5.91 Å². The lowest BCUT2D eigenvalue weighted by Gasteiger charge is -2.12. The third-order valence-electron chi connectivity index (χ3n) is 5.74. The van der Waals surface area contributed by atoms with E-state index in [4.69, 9.17) is 14.8 Å². The van der Waals surface area contributed by atoms with Gasteiger partial charge in [0.1, 0.15) is 12.4 Å². The predicted molar refractivity (Wildman–Crippen MR) is 120 cm³/mol. The van der Waals surface area contributed by atoms with Crippen LogP contribution in [0.4, 0.5) is 5.82 Å². The summed E-state index contributed by atoms with van der Waals surface area (Å²) < 4.78 is 7.12. The van der Waals surface area contributed by atoms with Crippen LogP contribution in [0, 0.1) is 19.8 Å². The van der Waals surface area contributed by atoms with Crippen LogP contribution in [0.3, 0.4) is 0 Å². The Morgan fingerprint density at radius 2 is 1.87 bits per heavy atom. The zero-order valence-corrected chi connectivity index (χ0v) is 18.4. The third kappa shape index (κ3) is 4.69. The van der Waals surface area contributed by atoms with E-state index in [1.54, 1.807) is 7.11 Å². The van der Waals surface area contributed by atoms with E-state index in [1.807, 2.05) is 23.7 Å². The Hall–Kier alpha value is -3.00. The average molecular weight is 423 g/mol. The molecule has 4 rings (SSSR count). The highest BCUT2D eigenvalue weighted by Gasteiger charge is 2.22. The number of methoxy groups -OCH3 is 1. The van der Waals surface area contributed by atoms with Crippen molar-refractivity contribution in [3.05, 3.63) is 41.3 Å². The Balaban J connectivity index is 1.56. The van der Waals surface area contributed by atoms with Gasteiger partial charge in [-0.15, -0.1) is 0 Å². The number of aromatic nitrogens is 4. The second kappa shape index (κ2) is 9.43. The number of rotatable bonds is 8. The van der Waals surface area contributed by atoms with E-state index < -0.39 is 0 Å². The summed E-state index contributed by atoms with van der Waals surface area (Å²) in [6.07, 6.45) is 4.32. The number of nitrogens with one attached hydrogen (secondary N) is 2. The van der Waals surface area contributed by atoms with E-state index >= 15 is 0 Å². The van der Waals surface area contributed by atoms with Crippen molar-refractivity contribution in [1.82, 2.24) is 25.1 Å². The molecule has 2 aromatic heterocycles. The molecule has 1 aliphatic carbocycles. The number of nitrogens with zero attached hydrogens (tertiary/aromatic N) is 4. The summed E-state index contributed by atoms with van der Waals surface area (Å²) in [6, 6.07) is 8.18. The summed E-state index contributed by atoms with van der Waals surface area (Å²) in [4.78, 5) is 21.6. The molecule has 1 saturated carbocycles. The molecule has 8 heteroatoms. The first-order valence-electron chi connectivity index (χ1n) is 10.9. The van der Waals surface area contributed by atoms with E-state index in [2.05, 4.69) is 34.7 Å². The normalized spacial score (nSPS) is 14.3. The van der Waals surface area contributed by atoms with Crippen molar-refractivity contribution in [3.8, 4) is 5.69 Å². The van der Waals surface area contributed by atoms with E-state index in [0.29, 0.717) is 31.3 Å². The Labute approximate surface area is 182 Å². The summed E-state index contributed by atoms with van der Waals surface area (Å²) in [5.74, 6) is 1.63. The highest BCUT2D eigenvalue weighted by molar-refractivity contribution is 5.90. The second-order valence-electron chi connectivity index (χ2n) is 8.15. The van der Waals surface area contributed by atoms with Gasteiger partial charge in [-0.3, -0.25) is 4.79 Å². The van der Waals surface area contributed by atoms with Crippen molar-refractivity contribution < 1.29 is 9.53 Å². The van der Waals surface area contributed by atoms with Crippen molar-refractivity contribution in [3.63, 3.8) is 0 Å². The molecule has 1 amide bonds. The van der Waals surface area contributed by atoms with Gasteiger partial charge in [0.15, 0.2) is 11.5 Å². The van der Waals surface area contributed by atoms with Gasteiger partial charge in [-0.05, 0) is 38.8 Å². The minimum absolute atomic E-state index is 0.163. The van der Waals surface area contributed by atoms with Crippen LogP contribution in [-0.2, 0) is 16.1 Å². The molecule has 8 nitrogen and oxygen atoms in total. The van der Waals surface area contributed by atoms with Crippen molar-refractivity contribution in [1.29, 1.82) is 0 Å². The molecule has 0 bridgehead atoms. The largest absolute Gasteiger partial charge is 0.377 e. The molecule has 3 aromatic rings. The van der Waals surface area contributed by atoms with Gasteiger partial charge in [0, 0.05) is 26.1 Å². The number of anilines is 1. The first kappa shape index (κ1) is 21.2. The van der Waals surface area contributed by atoms with Crippen LogP contribution in [0.15, 0.2) is 24.3 Å². The number of ether oxygens (including phenoxy) is 1. The molecule has 1 aromatic carbocycles. The molecular formula is C23H30N6O2. The van der Waals surface area contributed by atoms with Gasteiger partial charge >= 0.3 is 0 Å². The number of hydrogen-bond donors (Lipinski definition) is 2. The van der Waals surface area contributed by atoms with Crippen LogP contribution in [0.5, 0.6) is 0 Å². The minimum atomic E-state index is 0.163. The van der Waals surface area contributed by atoms with Gasteiger partial charge in [0.05, 0.1) is 16.8 Å². The monoisotopic (exact) mass is 422 g/mol. The van der Waals surface area contributed by atoms with E-state index in [1.165, 1.54) is 5.56 Å². The van der Waals surface area contributed by atoms with Crippen molar-refractivity contribution in [2.45, 2.75) is 46.1 Å². The fourth-order valence-corrected chi connectivity index (χ4v) is 4.11. The predicted octanol–water partition coefficient (Wildman–Crippen LogP) is 3.30. The molecule has 164 valence electrons. The van der Waals surface area contributed by atoms with Crippen molar-refractivity contribution in [2.24, 2.45) is 5.92 Å². The maximum atomic E-state index is 12.3. The van der Waals surface area contributed by atoms with Gasteiger partial charge in [-0.2, -0.15) is 5.10 Å². The van der Waals surface area contributed by atoms with Crippen LogP contribution >= 0.6 is 0 Å². The quantitative estimate of drug-likeness (QED) is 0.541. The summed E-state index contributed by atoms with van der Waals surface area (Å²) >= 11 is 0. The Bertz CT molecular complexity index is 1050. The standard InChI is InChI=1S/C23H30N6O2/c1-15-8-10-18(11-9-15)29-22-20(16(2)28-29)21(26-19(27-22)14-31-3)24-12-13-25-23(30)17-6-4-5-7-17/h8-11,17H,4-7,12-14H2,1-3H3,(H,25,30)(H,24,26,27). The molecule has 2 N–H and O–H groups in total. The van der Waals surface area contributed by atoms with Crippen LogP contribution < -0.4 is 10.6 Å². The number of aryl methyl sites for hydroxylation is 2. The SMILES string of the molecule is COCc1nc(NCCNC(=O)C2CCCC2)c2c(C)nn(-c3ccc(C)cc3)c2n1. The smallest absolute Gasteiger partial charge is 0.223 e. The zero-order chi connectivity index (χ0) is 21.8. The first-order chi connectivity index (χ1) is 15.1. The molecule has 31 heavy (non-hydrogen) atoms. The molecule has 0 unspecified atom stereocenters. The summed E-state index contributed by atoms with van der Waals surface area (Å²) in [6.45, 7) is 5.45. The Morgan fingerprint density at radius 1 is 1.13 bits per heavy atom. The van der Waals surface area contributed by atoms with Gasteiger partial charge < -0.3 is 15.4 Å². The molecule has 1 aliphatic rings. The van der Waals surface area contributed by atoms with Crippen LogP contribution in [0.25, 0.3) is 16.7 Å². The summed E-state index contributed by atoms with van der Waals surface area (Å²) in [5, 5.41) is 12.0. The summed E-state index contributed by atoms with van der Waals surface area (Å²) in [5.41, 5.74) is 3.71. The Morgan fingerprint density at radius 3 is 2.58 bits per heavy atom. The van der Waals surface area contributed by atoms with Gasteiger partial charge in [0.25, 0.3) is 0 Å². The number of amides is 1. The fraction of sp³-hybridized carbons (Fsp3) is 0.478. The zero-order valence-electron chi connectivity index (χ0n) is 18.4. The topological polar surface area (TPSA) is 94.0 Å². The van der Waals surface area contributed by atoms with E-state index in [-0.39, 0.29) is 11.8 Å². The van der Waals surface area contributed by atoms with Crippen molar-refractivity contribution >= 4 is 22.8 Å². The molecule has 0 spiro atoms. The molecular weight excluding hydrogens is 392 g/mol. The van der Waals surface area contributed by atoms with Crippen LogP contribution in [0.1, 0.15) is 42.8 Å². The molecule has 0 atom stereocenters. The van der Waals surface area contributed by atoms with E-state index in [0.717, 1.165) is 48.1 Å². The highest BCUT2D eigenvalue weighted by Crippen LogP contribution is 2.27.